The van der Waals surface area contributed by atoms with Gasteiger partial charge in [-0.15, -0.1) is 0 Å². The topological polar surface area (TPSA) is 71.3 Å². The van der Waals surface area contributed by atoms with Gasteiger partial charge in [0.2, 0.25) is 0 Å². The molecule has 0 unspecified atom stereocenters. The Hall–Kier alpha value is -3.78. The molecule has 1 N–H and O–H groups in total. The molecule has 0 aromatic heterocycles. The molecule has 5 nitrogen and oxygen atoms in total. The van der Waals surface area contributed by atoms with Crippen LogP contribution in [0.1, 0.15) is 23.2 Å². The van der Waals surface area contributed by atoms with Gasteiger partial charge >= 0.3 is 0 Å². The van der Waals surface area contributed by atoms with Crippen molar-refractivity contribution in [3.05, 3.63) is 84.4 Å². The van der Waals surface area contributed by atoms with Crippen LogP contribution in [0.15, 0.2) is 78.9 Å². The van der Waals surface area contributed by atoms with E-state index >= 15 is 0 Å². The van der Waals surface area contributed by atoms with Crippen molar-refractivity contribution < 1.29 is 14.3 Å². The van der Waals surface area contributed by atoms with Crippen molar-refractivity contribution in [1.82, 2.24) is 0 Å². The minimum absolute atomic E-state index is 0.270. The number of nitriles is 1. The number of rotatable bonds is 8. The van der Waals surface area contributed by atoms with Crippen LogP contribution in [0.2, 0.25) is 0 Å². The van der Waals surface area contributed by atoms with Gasteiger partial charge in [-0.05, 0) is 42.8 Å². The molecule has 0 fully saturated rings. The SMILES string of the molecule is N#CCCCOc1cccc(NC(=O)c2ccccc2Oc2ccccc2)c1. The number of nitrogens with zero attached hydrogens (tertiary/aromatic N) is 1. The highest BCUT2D eigenvalue weighted by Crippen LogP contribution is 2.26. The monoisotopic (exact) mass is 372 g/mol. The number of para-hydroxylation sites is 2. The number of carbonyl (C=O) groups excluding carboxylic acids is 1. The van der Waals surface area contributed by atoms with Crippen molar-refractivity contribution in [3.63, 3.8) is 0 Å². The third-order valence-electron chi connectivity index (χ3n) is 3.90. The average Bonchev–Trinajstić information content (AvgIpc) is 2.73. The fraction of sp³-hybridized carbons (Fsp3) is 0.130. The van der Waals surface area contributed by atoms with Gasteiger partial charge in [0.25, 0.3) is 5.91 Å². The van der Waals surface area contributed by atoms with Gasteiger partial charge in [-0.25, -0.2) is 0 Å². The highest BCUT2D eigenvalue weighted by molar-refractivity contribution is 6.06. The fourth-order valence-corrected chi connectivity index (χ4v) is 2.56. The summed E-state index contributed by atoms with van der Waals surface area (Å²) in [4.78, 5) is 12.8. The normalized spacial score (nSPS) is 9.96. The lowest BCUT2D eigenvalue weighted by Gasteiger charge is -2.12. The van der Waals surface area contributed by atoms with E-state index in [1.54, 1.807) is 30.3 Å². The Morgan fingerprint density at radius 2 is 1.68 bits per heavy atom. The van der Waals surface area contributed by atoms with Crippen molar-refractivity contribution in [1.29, 1.82) is 5.26 Å². The van der Waals surface area contributed by atoms with Crippen LogP contribution in [0.3, 0.4) is 0 Å². The van der Waals surface area contributed by atoms with E-state index in [1.165, 1.54) is 0 Å². The lowest BCUT2D eigenvalue weighted by atomic mass is 10.1. The Morgan fingerprint density at radius 3 is 2.50 bits per heavy atom. The average molecular weight is 372 g/mol. The molecule has 3 aromatic carbocycles. The molecule has 0 saturated carbocycles. The summed E-state index contributed by atoms with van der Waals surface area (Å²) in [6.45, 7) is 0.457. The molecule has 0 bridgehead atoms. The molecule has 0 saturated heterocycles. The van der Waals surface area contributed by atoms with E-state index in [-0.39, 0.29) is 5.91 Å². The number of ether oxygens (including phenoxy) is 2. The Labute approximate surface area is 164 Å². The fourth-order valence-electron chi connectivity index (χ4n) is 2.56. The minimum Gasteiger partial charge on any atom is -0.493 e. The summed E-state index contributed by atoms with van der Waals surface area (Å²) in [5.41, 5.74) is 1.06. The Morgan fingerprint density at radius 1 is 0.929 bits per heavy atom. The predicted octanol–water partition coefficient (Wildman–Crippen LogP) is 5.41. The second-order valence-electron chi connectivity index (χ2n) is 6.00. The van der Waals surface area contributed by atoms with Crippen molar-refractivity contribution in [2.75, 3.05) is 11.9 Å². The van der Waals surface area contributed by atoms with Gasteiger partial charge in [0, 0.05) is 18.2 Å². The molecular formula is C23H20N2O3. The number of hydrogen-bond donors (Lipinski definition) is 1. The first-order valence-electron chi connectivity index (χ1n) is 8.99. The van der Waals surface area contributed by atoms with Gasteiger partial charge in [0.15, 0.2) is 0 Å². The number of nitrogens with one attached hydrogen (secondary N) is 1. The lowest BCUT2D eigenvalue weighted by molar-refractivity contribution is 0.102. The maximum atomic E-state index is 12.8. The van der Waals surface area contributed by atoms with Crippen molar-refractivity contribution >= 4 is 11.6 Å². The largest absolute Gasteiger partial charge is 0.493 e. The maximum Gasteiger partial charge on any atom is 0.259 e. The van der Waals surface area contributed by atoms with Crippen LogP contribution >= 0.6 is 0 Å². The molecule has 3 aromatic rings. The zero-order valence-corrected chi connectivity index (χ0v) is 15.3. The van der Waals surface area contributed by atoms with Crippen LogP contribution in [0.5, 0.6) is 17.2 Å². The third kappa shape index (κ3) is 5.36. The van der Waals surface area contributed by atoms with Crippen molar-refractivity contribution in [2.24, 2.45) is 0 Å². The van der Waals surface area contributed by atoms with E-state index in [9.17, 15) is 4.79 Å². The smallest absolute Gasteiger partial charge is 0.259 e. The van der Waals surface area contributed by atoms with Gasteiger partial charge in [-0.2, -0.15) is 5.26 Å². The molecule has 0 atom stereocenters. The molecule has 0 spiro atoms. The first kappa shape index (κ1) is 19.0. The standard InChI is InChI=1S/C23H20N2O3/c24-15-6-7-16-27-20-12-8-9-18(17-20)25-23(26)21-13-4-5-14-22(21)28-19-10-2-1-3-11-19/h1-5,8-14,17H,6-7,16H2,(H,25,26). The number of carbonyl (C=O) groups is 1. The summed E-state index contributed by atoms with van der Waals surface area (Å²) in [6.07, 6.45) is 1.12. The Kier molecular flexibility index (Phi) is 6.64. The third-order valence-corrected chi connectivity index (χ3v) is 3.90. The molecule has 0 radical (unpaired) electrons. The zero-order chi connectivity index (χ0) is 19.6. The van der Waals surface area contributed by atoms with Gasteiger partial charge in [-0.1, -0.05) is 36.4 Å². The molecule has 0 heterocycles. The number of amides is 1. The van der Waals surface area contributed by atoms with E-state index < -0.39 is 0 Å². The second-order valence-corrected chi connectivity index (χ2v) is 6.00. The van der Waals surface area contributed by atoms with Crippen molar-refractivity contribution in [3.8, 4) is 23.3 Å². The predicted molar refractivity (Wildman–Crippen MR) is 108 cm³/mol. The summed E-state index contributed by atoms with van der Waals surface area (Å²) in [7, 11) is 0. The Balaban J connectivity index is 1.69. The summed E-state index contributed by atoms with van der Waals surface area (Å²) in [5, 5.41) is 11.4. The van der Waals surface area contributed by atoms with Gasteiger partial charge in [0.1, 0.15) is 17.2 Å². The summed E-state index contributed by atoms with van der Waals surface area (Å²) in [5.74, 6) is 1.52. The summed E-state index contributed by atoms with van der Waals surface area (Å²) >= 11 is 0. The lowest BCUT2D eigenvalue weighted by Crippen LogP contribution is -2.13. The molecule has 0 aliphatic rings. The zero-order valence-electron chi connectivity index (χ0n) is 15.3. The van der Waals surface area contributed by atoms with Crippen LogP contribution in [0, 0.1) is 11.3 Å². The second kappa shape index (κ2) is 9.79. The van der Waals surface area contributed by atoms with E-state index in [2.05, 4.69) is 11.4 Å². The molecule has 1 amide bonds. The Bertz CT molecular complexity index is 965. The molecule has 3 rings (SSSR count). The first-order valence-corrected chi connectivity index (χ1v) is 8.99. The van der Waals surface area contributed by atoms with Crippen LogP contribution in [-0.2, 0) is 0 Å². The van der Waals surface area contributed by atoms with Crippen LogP contribution < -0.4 is 14.8 Å². The number of anilines is 1. The molecule has 0 aliphatic heterocycles. The van der Waals surface area contributed by atoms with E-state index in [0.717, 1.165) is 0 Å². The highest BCUT2D eigenvalue weighted by Gasteiger charge is 2.13. The molecule has 0 aliphatic carbocycles. The van der Waals surface area contributed by atoms with E-state index in [0.29, 0.717) is 47.9 Å². The highest BCUT2D eigenvalue weighted by atomic mass is 16.5. The summed E-state index contributed by atoms with van der Waals surface area (Å²) in [6, 6.07) is 25.7. The van der Waals surface area contributed by atoms with Crippen LogP contribution in [0.25, 0.3) is 0 Å². The number of unbranched alkanes of at least 4 members (excludes halogenated alkanes) is 1. The van der Waals surface area contributed by atoms with E-state index in [1.807, 2.05) is 48.5 Å². The number of hydrogen-bond acceptors (Lipinski definition) is 4. The van der Waals surface area contributed by atoms with Crippen LogP contribution in [0.4, 0.5) is 5.69 Å². The quantitative estimate of drug-likeness (QED) is 0.536. The molecule has 28 heavy (non-hydrogen) atoms. The van der Waals surface area contributed by atoms with Gasteiger partial charge in [0.05, 0.1) is 18.2 Å². The first-order chi connectivity index (χ1) is 13.8. The summed E-state index contributed by atoms with van der Waals surface area (Å²) < 4.78 is 11.5. The van der Waals surface area contributed by atoms with Gasteiger partial charge in [-0.3, -0.25) is 4.79 Å². The van der Waals surface area contributed by atoms with Crippen molar-refractivity contribution in [2.45, 2.75) is 12.8 Å². The van der Waals surface area contributed by atoms with E-state index in [4.69, 9.17) is 14.7 Å². The van der Waals surface area contributed by atoms with Crippen LogP contribution in [-0.4, -0.2) is 12.5 Å². The molecular weight excluding hydrogens is 352 g/mol. The van der Waals surface area contributed by atoms with Gasteiger partial charge < -0.3 is 14.8 Å². The molecule has 140 valence electrons. The maximum absolute atomic E-state index is 12.8. The molecule has 5 heteroatoms. The number of benzene rings is 3. The minimum atomic E-state index is -0.270.